The van der Waals surface area contributed by atoms with Crippen LogP contribution in [-0.4, -0.2) is 11.8 Å². The maximum atomic E-state index is 12.1. The van der Waals surface area contributed by atoms with Crippen molar-refractivity contribution in [1.29, 1.82) is 5.26 Å². The maximum Gasteiger partial charge on any atom is 0.262 e. The molecule has 0 spiro atoms. The van der Waals surface area contributed by atoms with E-state index in [1.165, 1.54) is 13.0 Å². The molecule has 0 atom stereocenters. The third-order valence-electron chi connectivity index (χ3n) is 3.27. The van der Waals surface area contributed by atoms with Crippen molar-refractivity contribution in [1.82, 2.24) is 5.32 Å². The van der Waals surface area contributed by atoms with Crippen molar-refractivity contribution in [2.24, 2.45) is 0 Å². The van der Waals surface area contributed by atoms with Gasteiger partial charge in [0.25, 0.3) is 5.91 Å². The van der Waals surface area contributed by atoms with Crippen LogP contribution in [0.4, 0.5) is 5.69 Å². The number of rotatable bonds is 5. The van der Waals surface area contributed by atoms with Crippen molar-refractivity contribution < 1.29 is 9.59 Å². The number of carbonyl (C=O) groups is 2. The van der Waals surface area contributed by atoms with Crippen LogP contribution in [0.25, 0.3) is 6.08 Å². The molecule has 0 aliphatic carbocycles. The lowest BCUT2D eigenvalue weighted by molar-refractivity contribution is -0.117. The number of nitrogens with one attached hydrogen (secondary N) is 2. The topological polar surface area (TPSA) is 82.0 Å². The number of hydrogen-bond acceptors (Lipinski definition) is 3. The van der Waals surface area contributed by atoms with Gasteiger partial charge in [-0.25, -0.2) is 0 Å². The highest BCUT2D eigenvalue weighted by molar-refractivity contribution is 6.30. The fourth-order valence-electron chi connectivity index (χ4n) is 2.06. The summed E-state index contributed by atoms with van der Waals surface area (Å²) in [6, 6.07) is 15.8. The summed E-state index contributed by atoms with van der Waals surface area (Å²) >= 11 is 5.81. The molecule has 0 aliphatic rings. The lowest BCUT2D eigenvalue weighted by atomic mass is 10.1. The maximum absolute atomic E-state index is 12.1. The zero-order valence-electron chi connectivity index (χ0n) is 13.5. The number of halogens is 1. The Labute approximate surface area is 150 Å². The van der Waals surface area contributed by atoms with Crippen LogP contribution >= 0.6 is 11.6 Å². The first-order valence-corrected chi connectivity index (χ1v) is 7.88. The van der Waals surface area contributed by atoms with Gasteiger partial charge < -0.3 is 10.6 Å². The Hall–Kier alpha value is -3.10. The number of carbonyl (C=O) groups excluding carboxylic acids is 2. The standard InChI is InChI=1S/C19H16ClN3O2/c1-13(24)23-18-8-4-14(5-9-18)10-16(11-21)19(25)22-12-15-2-6-17(20)7-3-15/h2-10H,12H2,1H3,(H,22,25)(H,23,24)/b16-10-. The van der Waals surface area contributed by atoms with Crippen LogP contribution in [0.15, 0.2) is 54.1 Å². The van der Waals surface area contributed by atoms with E-state index in [-0.39, 0.29) is 11.5 Å². The normalized spacial score (nSPS) is 10.7. The molecule has 2 rings (SSSR count). The van der Waals surface area contributed by atoms with Gasteiger partial charge in [-0.05, 0) is 41.5 Å². The Morgan fingerprint density at radius 3 is 2.32 bits per heavy atom. The van der Waals surface area contributed by atoms with Crippen LogP contribution in [0.2, 0.25) is 5.02 Å². The fraction of sp³-hybridized carbons (Fsp3) is 0.105. The summed E-state index contributed by atoms with van der Waals surface area (Å²) in [4.78, 5) is 23.1. The average molecular weight is 354 g/mol. The molecular formula is C19H16ClN3O2. The monoisotopic (exact) mass is 353 g/mol. The second kappa shape index (κ2) is 8.67. The van der Waals surface area contributed by atoms with E-state index in [0.717, 1.165) is 5.56 Å². The highest BCUT2D eigenvalue weighted by atomic mass is 35.5. The molecule has 126 valence electrons. The Balaban J connectivity index is 2.03. The van der Waals surface area contributed by atoms with Crippen LogP contribution in [0, 0.1) is 11.3 Å². The first kappa shape index (κ1) is 18.2. The smallest absolute Gasteiger partial charge is 0.262 e. The molecule has 25 heavy (non-hydrogen) atoms. The molecule has 5 nitrogen and oxygen atoms in total. The van der Waals surface area contributed by atoms with Gasteiger partial charge in [-0.2, -0.15) is 5.26 Å². The molecule has 0 radical (unpaired) electrons. The van der Waals surface area contributed by atoms with Gasteiger partial charge in [-0.3, -0.25) is 9.59 Å². The van der Waals surface area contributed by atoms with E-state index in [1.807, 2.05) is 6.07 Å². The predicted molar refractivity (Wildman–Crippen MR) is 97.6 cm³/mol. The van der Waals surface area contributed by atoms with Gasteiger partial charge in [-0.1, -0.05) is 35.9 Å². The van der Waals surface area contributed by atoms with E-state index in [0.29, 0.717) is 22.8 Å². The molecule has 0 saturated heterocycles. The van der Waals surface area contributed by atoms with Gasteiger partial charge in [0, 0.05) is 24.2 Å². The largest absolute Gasteiger partial charge is 0.347 e. The van der Waals surface area contributed by atoms with Crippen molar-refractivity contribution in [3.05, 3.63) is 70.3 Å². The summed E-state index contributed by atoms with van der Waals surface area (Å²) in [5.41, 5.74) is 2.22. The minimum atomic E-state index is -0.455. The van der Waals surface area contributed by atoms with Gasteiger partial charge in [0.15, 0.2) is 0 Å². The van der Waals surface area contributed by atoms with E-state index in [9.17, 15) is 14.9 Å². The van der Waals surface area contributed by atoms with Crippen molar-refractivity contribution in [3.63, 3.8) is 0 Å². The molecule has 0 unspecified atom stereocenters. The third-order valence-corrected chi connectivity index (χ3v) is 3.53. The summed E-state index contributed by atoms with van der Waals surface area (Å²) in [5, 5.41) is 15.2. The lowest BCUT2D eigenvalue weighted by Gasteiger charge is -2.05. The zero-order chi connectivity index (χ0) is 18.2. The van der Waals surface area contributed by atoms with Crippen molar-refractivity contribution in [3.8, 4) is 6.07 Å². The first-order valence-electron chi connectivity index (χ1n) is 7.50. The molecule has 0 aromatic heterocycles. The zero-order valence-corrected chi connectivity index (χ0v) is 14.3. The predicted octanol–water partition coefficient (Wildman–Crippen LogP) is 3.52. The Kier molecular flexibility index (Phi) is 6.33. The van der Waals surface area contributed by atoms with E-state index in [4.69, 9.17) is 11.6 Å². The molecule has 0 bridgehead atoms. The molecule has 6 heteroatoms. The van der Waals surface area contributed by atoms with Crippen molar-refractivity contribution in [2.45, 2.75) is 13.5 Å². The molecule has 2 amide bonds. The number of nitriles is 1. The Bertz CT molecular complexity index is 834. The van der Waals surface area contributed by atoms with E-state index in [1.54, 1.807) is 48.5 Å². The van der Waals surface area contributed by atoms with Gasteiger partial charge in [-0.15, -0.1) is 0 Å². The van der Waals surface area contributed by atoms with E-state index >= 15 is 0 Å². The van der Waals surface area contributed by atoms with Gasteiger partial charge in [0.2, 0.25) is 5.91 Å². The number of hydrogen-bond donors (Lipinski definition) is 2. The SMILES string of the molecule is CC(=O)Nc1ccc(/C=C(/C#N)C(=O)NCc2ccc(Cl)cc2)cc1. The summed E-state index contributed by atoms with van der Waals surface area (Å²) in [5.74, 6) is -0.619. The number of nitrogens with zero attached hydrogens (tertiary/aromatic N) is 1. The van der Waals surface area contributed by atoms with E-state index < -0.39 is 5.91 Å². The molecule has 0 aliphatic heterocycles. The highest BCUT2D eigenvalue weighted by Crippen LogP contribution is 2.13. The van der Waals surface area contributed by atoms with Crippen LogP contribution < -0.4 is 10.6 Å². The molecule has 2 N–H and O–H groups in total. The summed E-state index contributed by atoms with van der Waals surface area (Å²) in [6.07, 6.45) is 1.49. The second-order valence-electron chi connectivity index (χ2n) is 5.28. The van der Waals surface area contributed by atoms with Crippen molar-refractivity contribution >= 4 is 35.2 Å². The van der Waals surface area contributed by atoms with Gasteiger partial charge in [0.05, 0.1) is 0 Å². The minimum Gasteiger partial charge on any atom is -0.347 e. The summed E-state index contributed by atoms with van der Waals surface area (Å²) in [7, 11) is 0. The third kappa shape index (κ3) is 5.79. The molecule has 2 aromatic carbocycles. The molecule has 0 saturated carbocycles. The quantitative estimate of drug-likeness (QED) is 0.637. The number of benzene rings is 2. The first-order chi connectivity index (χ1) is 12.0. The van der Waals surface area contributed by atoms with Gasteiger partial charge in [0.1, 0.15) is 11.6 Å². The fourth-order valence-corrected chi connectivity index (χ4v) is 2.19. The average Bonchev–Trinajstić information content (AvgIpc) is 2.60. The molecular weight excluding hydrogens is 338 g/mol. The van der Waals surface area contributed by atoms with Gasteiger partial charge >= 0.3 is 0 Å². The molecule has 2 aromatic rings. The van der Waals surface area contributed by atoms with Crippen LogP contribution in [0.3, 0.4) is 0 Å². The summed E-state index contributed by atoms with van der Waals surface area (Å²) < 4.78 is 0. The highest BCUT2D eigenvalue weighted by Gasteiger charge is 2.09. The second-order valence-corrected chi connectivity index (χ2v) is 5.72. The molecule has 0 heterocycles. The van der Waals surface area contributed by atoms with Crippen molar-refractivity contribution in [2.75, 3.05) is 5.32 Å². The Morgan fingerprint density at radius 2 is 1.76 bits per heavy atom. The Morgan fingerprint density at radius 1 is 1.12 bits per heavy atom. The minimum absolute atomic E-state index is 0.00115. The van der Waals surface area contributed by atoms with E-state index in [2.05, 4.69) is 10.6 Å². The van der Waals surface area contributed by atoms with Crippen LogP contribution in [0.1, 0.15) is 18.1 Å². The van der Waals surface area contributed by atoms with Crippen LogP contribution in [0.5, 0.6) is 0 Å². The number of anilines is 1. The summed E-state index contributed by atoms with van der Waals surface area (Å²) in [6.45, 7) is 1.73. The molecule has 0 fully saturated rings. The van der Waals surface area contributed by atoms with Crippen LogP contribution in [-0.2, 0) is 16.1 Å². The number of amides is 2. The lowest BCUT2D eigenvalue weighted by Crippen LogP contribution is -2.23.